The number of carbonyl (C=O) groups is 1. The Kier molecular flexibility index (Phi) is 5.11. The molecule has 5 heteroatoms. The van der Waals surface area contributed by atoms with E-state index in [1.807, 2.05) is 38.1 Å². The van der Waals surface area contributed by atoms with Crippen LogP contribution in [-0.2, 0) is 13.1 Å². The summed E-state index contributed by atoms with van der Waals surface area (Å²) in [5.41, 5.74) is 3.43. The third-order valence-electron chi connectivity index (χ3n) is 3.23. The van der Waals surface area contributed by atoms with E-state index in [9.17, 15) is 4.79 Å². The smallest absolute Gasteiger partial charge is 0.273 e. The van der Waals surface area contributed by atoms with Crippen molar-refractivity contribution in [1.82, 2.24) is 15.1 Å². The number of nitrogens with zero attached hydrogens (tertiary/aromatic N) is 2. The Morgan fingerprint density at radius 3 is 2.57 bits per heavy atom. The maximum atomic E-state index is 12.3. The second kappa shape index (κ2) is 7.04. The number of rotatable bonds is 6. The average Bonchev–Trinajstić information content (AvgIpc) is 2.88. The van der Waals surface area contributed by atoms with Crippen molar-refractivity contribution >= 4 is 11.6 Å². The van der Waals surface area contributed by atoms with Gasteiger partial charge in [-0.1, -0.05) is 19.1 Å². The molecular formula is C16H22N4O. The molecule has 112 valence electrons. The highest BCUT2D eigenvalue weighted by molar-refractivity contribution is 6.03. The highest BCUT2D eigenvalue weighted by Gasteiger charge is 2.13. The molecule has 2 rings (SSSR count). The monoisotopic (exact) mass is 286 g/mol. The van der Waals surface area contributed by atoms with Crippen molar-refractivity contribution in [2.24, 2.45) is 0 Å². The number of hydrogen-bond acceptors (Lipinski definition) is 3. The minimum atomic E-state index is -0.128. The first kappa shape index (κ1) is 15.3. The Bertz CT molecular complexity index is 601. The Hall–Kier alpha value is -2.14. The van der Waals surface area contributed by atoms with Gasteiger partial charge in [0.2, 0.25) is 0 Å². The van der Waals surface area contributed by atoms with Crippen molar-refractivity contribution < 1.29 is 4.79 Å². The average molecular weight is 286 g/mol. The molecule has 21 heavy (non-hydrogen) atoms. The van der Waals surface area contributed by atoms with Crippen molar-refractivity contribution in [1.29, 1.82) is 0 Å². The molecule has 0 bridgehead atoms. The van der Waals surface area contributed by atoms with Crippen LogP contribution in [-0.4, -0.2) is 22.2 Å². The third-order valence-corrected chi connectivity index (χ3v) is 3.23. The number of benzene rings is 1. The minimum absolute atomic E-state index is 0.128. The van der Waals surface area contributed by atoms with Gasteiger partial charge in [0.1, 0.15) is 5.69 Å². The maximum absolute atomic E-state index is 12.3. The molecule has 1 aromatic heterocycles. The number of hydrogen-bond donors (Lipinski definition) is 2. The molecule has 1 heterocycles. The van der Waals surface area contributed by atoms with Crippen LogP contribution in [0.25, 0.3) is 0 Å². The van der Waals surface area contributed by atoms with Crippen LogP contribution in [0, 0.1) is 6.92 Å². The molecule has 0 fully saturated rings. The fraction of sp³-hybridized carbons (Fsp3) is 0.375. The Morgan fingerprint density at radius 2 is 1.95 bits per heavy atom. The molecule has 1 amide bonds. The zero-order chi connectivity index (χ0) is 15.2. The van der Waals surface area contributed by atoms with Crippen LogP contribution in [0.1, 0.15) is 35.6 Å². The van der Waals surface area contributed by atoms with Crippen molar-refractivity contribution in [3.8, 4) is 0 Å². The predicted molar refractivity (Wildman–Crippen MR) is 84.4 cm³/mol. The fourth-order valence-corrected chi connectivity index (χ4v) is 2.14. The van der Waals surface area contributed by atoms with E-state index < -0.39 is 0 Å². The molecule has 0 saturated carbocycles. The van der Waals surface area contributed by atoms with Gasteiger partial charge in [-0.25, -0.2) is 0 Å². The van der Waals surface area contributed by atoms with Gasteiger partial charge >= 0.3 is 0 Å². The van der Waals surface area contributed by atoms with E-state index in [2.05, 4.69) is 22.7 Å². The summed E-state index contributed by atoms with van der Waals surface area (Å²) in [5, 5.41) is 10.5. The zero-order valence-electron chi connectivity index (χ0n) is 12.8. The summed E-state index contributed by atoms with van der Waals surface area (Å²) < 4.78 is 1.71. The molecule has 0 aliphatic heterocycles. The molecule has 0 radical (unpaired) electrons. The van der Waals surface area contributed by atoms with Crippen molar-refractivity contribution in [3.05, 3.63) is 47.3 Å². The molecule has 2 N–H and O–H groups in total. The Morgan fingerprint density at radius 1 is 1.24 bits per heavy atom. The Labute approximate surface area is 125 Å². The number of aromatic nitrogens is 2. The van der Waals surface area contributed by atoms with Gasteiger partial charge in [-0.05, 0) is 44.2 Å². The van der Waals surface area contributed by atoms with Gasteiger partial charge in [-0.3, -0.25) is 9.48 Å². The molecule has 0 spiro atoms. The van der Waals surface area contributed by atoms with Gasteiger partial charge in [0.15, 0.2) is 0 Å². The van der Waals surface area contributed by atoms with Gasteiger partial charge < -0.3 is 10.6 Å². The van der Waals surface area contributed by atoms with Gasteiger partial charge in [0, 0.05) is 18.8 Å². The molecule has 0 atom stereocenters. The van der Waals surface area contributed by atoms with Crippen LogP contribution in [0.2, 0.25) is 0 Å². The summed E-state index contributed by atoms with van der Waals surface area (Å²) in [7, 11) is 0. The molecule has 1 aromatic carbocycles. The lowest BCUT2D eigenvalue weighted by molar-refractivity contribution is 0.101. The molecule has 0 unspecified atom stereocenters. The maximum Gasteiger partial charge on any atom is 0.273 e. The molecule has 5 nitrogen and oxygen atoms in total. The number of amides is 1. The number of anilines is 1. The summed E-state index contributed by atoms with van der Waals surface area (Å²) in [6, 6.07) is 9.67. The highest BCUT2D eigenvalue weighted by atomic mass is 16.2. The zero-order valence-corrected chi connectivity index (χ0v) is 12.8. The van der Waals surface area contributed by atoms with E-state index in [-0.39, 0.29) is 5.91 Å². The summed E-state index contributed by atoms with van der Waals surface area (Å²) in [6.45, 7) is 8.40. The van der Waals surface area contributed by atoms with Crippen molar-refractivity contribution in [2.45, 2.75) is 33.9 Å². The lowest BCUT2D eigenvalue weighted by Crippen LogP contribution is -2.17. The van der Waals surface area contributed by atoms with Gasteiger partial charge in [0.25, 0.3) is 5.91 Å². The third kappa shape index (κ3) is 3.92. The number of nitrogens with one attached hydrogen (secondary N) is 2. The van der Waals surface area contributed by atoms with Gasteiger partial charge in [0.05, 0.1) is 5.69 Å². The van der Waals surface area contributed by atoms with Crippen LogP contribution in [0.3, 0.4) is 0 Å². The second-order valence-electron chi connectivity index (χ2n) is 4.92. The van der Waals surface area contributed by atoms with E-state index >= 15 is 0 Å². The lowest BCUT2D eigenvalue weighted by Gasteiger charge is -2.08. The summed E-state index contributed by atoms with van der Waals surface area (Å²) in [5.74, 6) is -0.128. The topological polar surface area (TPSA) is 58.9 Å². The quantitative estimate of drug-likeness (QED) is 0.858. The fourth-order valence-electron chi connectivity index (χ4n) is 2.14. The standard InChI is InChI=1S/C16H22N4O/c1-4-17-11-13-6-8-14(9-7-13)18-16(21)15-10-12(3)19-20(15)5-2/h6-10,17H,4-5,11H2,1-3H3,(H,18,21). The van der Waals surface area contributed by atoms with Crippen LogP contribution in [0.5, 0.6) is 0 Å². The lowest BCUT2D eigenvalue weighted by atomic mass is 10.2. The molecule has 0 aliphatic carbocycles. The Balaban J connectivity index is 2.05. The molecule has 0 aliphatic rings. The summed E-state index contributed by atoms with van der Waals surface area (Å²) in [6.07, 6.45) is 0. The number of carbonyl (C=O) groups excluding carboxylic acids is 1. The first-order valence-corrected chi connectivity index (χ1v) is 7.29. The van der Waals surface area contributed by atoms with Gasteiger partial charge in [-0.15, -0.1) is 0 Å². The highest BCUT2D eigenvalue weighted by Crippen LogP contribution is 2.12. The first-order chi connectivity index (χ1) is 10.1. The summed E-state index contributed by atoms with van der Waals surface area (Å²) >= 11 is 0. The van der Waals surface area contributed by atoms with Crippen LogP contribution in [0.4, 0.5) is 5.69 Å². The van der Waals surface area contributed by atoms with Crippen LogP contribution in [0.15, 0.2) is 30.3 Å². The van der Waals surface area contributed by atoms with Gasteiger partial charge in [-0.2, -0.15) is 5.10 Å². The van der Waals surface area contributed by atoms with Crippen LogP contribution < -0.4 is 10.6 Å². The van der Waals surface area contributed by atoms with E-state index in [1.54, 1.807) is 10.7 Å². The molecule has 2 aromatic rings. The van der Waals surface area contributed by atoms with Crippen LogP contribution >= 0.6 is 0 Å². The summed E-state index contributed by atoms with van der Waals surface area (Å²) in [4.78, 5) is 12.3. The molecule has 0 saturated heterocycles. The van der Waals surface area contributed by atoms with Crippen molar-refractivity contribution in [2.75, 3.05) is 11.9 Å². The SMILES string of the molecule is CCNCc1ccc(NC(=O)c2cc(C)nn2CC)cc1. The predicted octanol–water partition coefficient (Wildman–Crippen LogP) is 2.57. The largest absolute Gasteiger partial charge is 0.321 e. The normalized spacial score (nSPS) is 10.6. The van der Waals surface area contributed by atoms with E-state index in [0.717, 1.165) is 24.5 Å². The number of aryl methyl sites for hydroxylation is 2. The van der Waals surface area contributed by atoms with E-state index in [4.69, 9.17) is 0 Å². The van der Waals surface area contributed by atoms with E-state index in [1.165, 1.54) is 5.56 Å². The minimum Gasteiger partial charge on any atom is -0.321 e. The second-order valence-corrected chi connectivity index (χ2v) is 4.92. The van der Waals surface area contributed by atoms with Crippen molar-refractivity contribution in [3.63, 3.8) is 0 Å². The molecular weight excluding hydrogens is 264 g/mol. The first-order valence-electron chi connectivity index (χ1n) is 7.29. The van der Waals surface area contributed by atoms with E-state index in [0.29, 0.717) is 12.2 Å².